The van der Waals surface area contributed by atoms with Crippen LogP contribution in [-0.2, 0) is 4.79 Å². The topological polar surface area (TPSA) is 69.1 Å². The van der Waals surface area contributed by atoms with Crippen molar-refractivity contribution in [1.29, 1.82) is 0 Å². The Morgan fingerprint density at radius 2 is 1.89 bits per heavy atom. The molecule has 2 aliphatic rings. The van der Waals surface area contributed by atoms with Gasteiger partial charge in [0.25, 0.3) is 0 Å². The first-order chi connectivity index (χ1) is 8.45. The van der Waals surface area contributed by atoms with Gasteiger partial charge in [-0.05, 0) is 37.7 Å². The minimum atomic E-state index is -1.08. The van der Waals surface area contributed by atoms with Crippen molar-refractivity contribution in [2.45, 2.75) is 38.1 Å². The maximum absolute atomic E-state index is 13.5. The molecule has 0 aromatic heterocycles. The van der Waals surface area contributed by atoms with Crippen LogP contribution < -0.4 is 11.5 Å². The molecule has 100 valence electrons. The average molecular weight is 256 g/mol. The zero-order valence-electron chi connectivity index (χ0n) is 10.2. The van der Waals surface area contributed by atoms with Crippen LogP contribution >= 0.6 is 0 Å². The van der Waals surface area contributed by atoms with Crippen molar-refractivity contribution in [2.75, 3.05) is 0 Å². The van der Waals surface area contributed by atoms with Crippen LogP contribution in [0.25, 0.3) is 0 Å². The van der Waals surface area contributed by atoms with Gasteiger partial charge < -0.3 is 11.5 Å². The van der Waals surface area contributed by atoms with E-state index in [0.29, 0.717) is 0 Å². The standard InChI is InChI=1S/C13H18F2N2O/c14-10-5-6-13(12(17)18,7-11(10)15)8-1-3-9(16)4-2-8/h5-6,8-9H,1-4,7,16H2,(H2,17,18). The summed E-state index contributed by atoms with van der Waals surface area (Å²) in [6.45, 7) is 0. The van der Waals surface area contributed by atoms with E-state index in [1.807, 2.05) is 0 Å². The van der Waals surface area contributed by atoms with Crippen molar-refractivity contribution >= 4 is 5.91 Å². The summed E-state index contributed by atoms with van der Waals surface area (Å²) in [5, 5.41) is 0. The van der Waals surface area contributed by atoms with E-state index in [1.165, 1.54) is 6.08 Å². The van der Waals surface area contributed by atoms with Crippen LogP contribution in [0.4, 0.5) is 8.78 Å². The maximum atomic E-state index is 13.5. The third kappa shape index (κ3) is 2.19. The third-order valence-electron chi connectivity index (χ3n) is 4.19. The van der Waals surface area contributed by atoms with Crippen LogP contribution in [0.3, 0.4) is 0 Å². The fraction of sp³-hybridized carbons (Fsp3) is 0.615. The average Bonchev–Trinajstić information content (AvgIpc) is 2.33. The van der Waals surface area contributed by atoms with Gasteiger partial charge in [0, 0.05) is 12.5 Å². The summed E-state index contributed by atoms with van der Waals surface area (Å²) in [4.78, 5) is 11.7. The fourth-order valence-corrected chi connectivity index (χ4v) is 3.00. The summed E-state index contributed by atoms with van der Waals surface area (Å²) in [6, 6.07) is 0.135. The first kappa shape index (κ1) is 13.2. The van der Waals surface area contributed by atoms with Gasteiger partial charge >= 0.3 is 0 Å². The summed E-state index contributed by atoms with van der Waals surface area (Å²) in [5.41, 5.74) is 10.2. The molecular formula is C13H18F2N2O. The summed E-state index contributed by atoms with van der Waals surface area (Å²) < 4.78 is 26.5. The number of allylic oxidation sites excluding steroid dienone is 3. The van der Waals surface area contributed by atoms with Gasteiger partial charge in [0.05, 0.1) is 5.41 Å². The number of nitrogens with two attached hydrogens (primary N) is 2. The van der Waals surface area contributed by atoms with Crippen LogP contribution in [-0.4, -0.2) is 11.9 Å². The highest BCUT2D eigenvalue weighted by Crippen LogP contribution is 2.46. The highest BCUT2D eigenvalue weighted by Gasteiger charge is 2.45. The highest BCUT2D eigenvalue weighted by molar-refractivity contribution is 5.84. The van der Waals surface area contributed by atoms with Crippen LogP contribution in [0, 0.1) is 11.3 Å². The Morgan fingerprint density at radius 1 is 1.28 bits per heavy atom. The monoisotopic (exact) mass is 256 g/mol. The van der Waals surface area contributed by atoms with E-state index in [1.54, 1.807) is 0 Å². The van der Waals surface area contributed by atoms with Gasteiger partial charge in [-0.1, -0.05) is 6.08 Å². The Balaban J connectivity index is 2.25. The molecule has 0 radical (unpaired) electrons. The third-order valence-corrected chi connectivity index (χ3v) is 4.19. The van der Waals surface area contributed by atoms with Gasteiger partial charge in [-0.2, -0.15) is 0 Å². The molecule has 1 saturated carbocycles. The molecule has 1 amide bonds. The van der Waals surface area contributed by atoms with Crippen molar-refractivity contribution < 1.29 is 13.6 Å². The lowest BCUT2D eigenvalue weighted by atomic mass is 9.64. The van der Waals surface area contributed by atoms with E-state index in [2.05, 4.69) is 0 Å². The van der Waals surface area contributed by atoms with E-state index in [4.69, 9.17) is 11.5 Å². The van der Waals surface area contributed by atoms with Crippen LogP contribution in [0.2, 0.25) is 0 Å². The molecule has 2 rings (SSSR count). The smallest absolute Gasteiger partial charge is 0.228 e. The molecule has 1 fully saturated rings. The van der Waals surface area contributed by atoms with E-state index in [-0.39, 0.29) is 18.4 Å². The maximum Gasteiger partial charge on any atom is 0.228 e. The van der Waals surface area contributed by atoms with E-state index >= 15 is 0 Å². The molecule has 0 saturated heterocycles. The minimum absolute atomic E-state index is 0.0510. The lowest BCUT2D eigenvalue weighted by Crippen LogP contribution is -2.45. The molecule has 0 spiro atoms. The number of amides is 1. The summed E-state index contributed by atoms with van der Waals surface area (Å²) in [6.07, 6.45) is 5.24. The fourth-order valence-electron chi connectivity index (χ4n) is 3.00. The van der Waals surface area contributed by atoms with Crippen LogP contribution in [0.5, 0.6) is 0 Å². The number of hydrogen-bond donors (Lipinski definition) is 2. The van der Waals surface area contributed by atoms with Gasteiger partial charge in [0.2, 0.25) is 5.91 Å². The van der Waals surface area contributed by atoms with Crippen molar-refractivity contribution in [2.24, 2.45) is 22.8 Å². The Bertz CT molecular complexity index is 411. The van der Waals surface area contributed by atoms with Gasteiger partial charge in [-0.25, -0.2) is 8.78 Å². The number of carbonyl (C=O) groups is 1. The molecular weight excluding hydrogens is 238 g/mol. The molecule has 1 atom stereocenters. The Morgan fingerprint density at radius 3 is 2.39 bits per heavy atom. The molecule has 5 heteroatoms. The summed E-state index contributed by atoms with van der Waals surface area (Å²) in [7, 11) is 0. The number of primary amides is 1. The molecule has 18 heavy (non-hydrogen) atoms. The SMILES string of the molecule is NC(=O)C1(C2CCC(N)CC2)C=CC(F)=C(F)C1. The largest absolute Gasteiger partial charge is 0.369 e. The quantitative estimate of drug-likeness (QED) is 0.794. The van der Waals surface area contributed by atoms with Gasteiger partial charge in [0.1, 0.15) is 5.83 Å². The zero-order chi connectivity index (χ0) is 13.3. The van der Waals surface area contributed by atoms with E-state index in [0.717, 1.165) is 31.8 Å². The Labute approximate surface area is 105 Å². The van der Waals surface area contributed by atoms with E-state index in [9.17, 15) is 13.6 Å². The Hall–Kier alpha value is -1.23. The van der Waals surface area contributed by atoms with Crippen molar-refractivity contribution in [3.05, 3.63) is 23.8 Å². The van der Waals surface area contributed by atoms with Crippen molar-refractivity contribution in [3.63, 3.8) is 0 Å². The second kappa shape index (κ2) is 4.80. The van der Waals surface area contributed by atoms with Crippen LogP contribution in [0.1, 0.15) is 32.1 Å². The molecule has 2 aliphatic carbocycles. The number of rotatable bonds is 2. The predicted octanol–water partition coefficient (Wildman–Crippen LogP) is 2.09. The predicted molar refractivity (Wildman–Crippen MR) is 64.6 cm³/mol. The Kier molecular flexibility index (Phi) is 3.52. The zero-order valence-corrected chi connectivity index (χ0v) is 10.2. The number of halogens is 2. The minimum Gasteiger partial charge on any atom is -0.369 e. The van der Waals surface area contributed by atoms with Gasteiger partial charge in [-0.3, -0.25) is 4.79 Å². The first-order valence-corrected chi connectivity index (χ1v) is 6.24. The molecule has 0 aliphatic heterocycles. The first-order valence-electron chi connectivity index (χ1n) is 6.24. The lowest BCUT2D eigenvalue weighted by Gasteiger charge is -2.40. The molecule has 0 aromatic carbocycles. The van der Waals surface area contributed by atoms with Crippen molar-refractivity contribution in [1.82, 2.24) is 0 Å². The highest BCUT2D eigenvalue weighted by atomic mass is 19.2. The van der Waals surface area contributed by atoms with Gasteiger partial charge in [0.15, 0.2) is 5.83 Å². The number of hydrogen-bond acceptors (Lipinski definition) is 2. The molecule has 1 unspecified atom stereocenters. The summed E-state index contributed by atoms with van der Waals surface area (Å²) >= 11 is 0. The lowest BCUT2D eigenvalue weighted by molar-refractivity contribution is -0.128. The molecule has 0 heterocycles. The van der Waals surface area contributed by atoms with Crippen molar-refractivity contribution in [3.8, 4) is 0 Å². The molecule has 0 aromatic rings. The normalized spacial score (nSPS) is 36.8. The van der Waals surface area contributed by atoms with E-state index < -0.39 is 23.0 Å². The molecule has 3 nitrogen and oxygen atoms in total. The second-order valence-corrected chi connectivity index (χ2v) is 5.28. The number of carbonyl (C=O) groups excluding carboxylic acids is 1. The molecule has 4 N–H and O–H groups in total. The second-order valence-electron chi connectivity index (χ2n) is 5.28. The van der Waals surface area contributed by atoms with Crippen LogP contribution in [0.15, 0.2) is 23.8 Å². The molecule has 0 bridgehead atoms. The summed E-state index contributed by atoms with van der Waals surface area (Å²) in [5.74, 6) is -2.42. The van der Waals surface area contributed by atoms with Gasteiger partial charge in [-0.15, -0.1) is 0 Å².